The average molecular weight is 306 g/mol. The lowest BCUT2D eigenvalue weighted by Gasteiger charge is -2.12. The largest absolute Gasteiger partial charge is 0.417 e. The van der Waals surface area contributed by atoms with Crippen molar-refractivity contribution in [1.82, 2.24) is 0 Å². The number of halogens is 3. The molecule has 0 aliphatic rings. The highest BCUT2D eigenvalue weighted by Crippen LogP contribution is 2.37. The van der Waals surface area contributed by atoms with E-state index in [1.165, 1.54) is 0 Å². The highest BCUT2D eigenvalue weighted by molar-refractivity contribution is 7.89. The monoisotopic (exact) mass is 306 g/mol. The second-order valence-corrected chi connectivity index (χ2v) is 5.83. The maximum atomic E-state index is 12.5. The van der Waals surface area contributed by atoms with E-state index in [4.69, 9.17) is 9.11 Å². The molecule has 1 aromatic carbocycles. The van der Waals surface area contributed by atoms with Gasteiger partial charge in [-0.2, -0.15) is 30.0 Å². The minimum Gasteiger partial charge on any atom is -0.282 e. The first-order valence-electron chi connectivity index (χ1n) is 4.00. The highest BCUT2D eigenvalue weighted by atomic mass is 32.2. The Balaban J connectivity index is 3.91. The summed E-state index contributed by atoms with van der Waals surface area (Å²) in [6.07, 6.45) is -5.22. The zero-order chi connectivity index (χ0) is 14.4. The van der Waals surface area contributed by atoms with Gasteiger partial charge in [0.05, 0.1) is 5.56 Å². The third kappa shape index (κ3) is 2.98. The summed E-state index contributed by atoms with van der Waals surface area (Å²) in [6, 6.07) is 1.27. The van der Waals surface area contributed by atoms with Crippen LogP contribution < -0.4 is 0 Å². The Morgan fingerprint density at radius 3 is 1.78 bits per heavy atom. The van der Waals surface area contributed by atoms with E-state index in [2.05, 4.69) is 0 Å². The molecule has 6 nitrogen and oxygen atoms in total. The summed E-state index contributed by atoms with van der Waals surface area (Å²) in [5, 5.41) is 0. The molecule has 1 rings (SSSR count). The van der Waals surface area contributed by atoms with Gasteiger partial charge in [-0.25, -0.2) is 0 Å². The molecule has 0 radical (unpaired) electrons. The Hall–Kier alpha value is -1.17. The zero-order valence-electron chi connectivity index (χ0n) is 8.21. The first kappa shape index (κ1) is 14.9. The molecule has 0 unspecified atom stereocenters. The van der Waals surface area contributed by atoms with Crippen molar-refractivity contribution in [2.75, 3.05) is 0 Å². The zero-order valence-corrected chi connectivity index (χ0v) is 9.84. The first-order valence-corrected chi connectivity index (χ1v) is 6.88. The molecule has 0 aliphatic carbocycles. The maximum Gasteiger partial charge on any atom is 0.417 e. The fourth-order valence-electron chi connectivity index (χ4n) is 1.21. The number of hydrogen-bond donors (Lipinski definition) is 2. The summed E-state index contributed by atoms with van der Waals surface area (Å²) in [5.41, 5.74) is -1.89. The smallest absolute Gasteiger partial charge is 0.282 e. The minimum atomic E-state index is -5.49. The number of benzene rings is 1. The Morgan fingerprint density at radius 1 is 0.944 bits per heavy atom. The number of alkyl halides is 3. The molecule has 1 aromatic rings. The topological polar surface area (TPSA) is 109 Å². The van der Waals surface area contributed by atoms with Gasteiger partial charge in [-0.15, -0.1) is 0 Å². The second kappa shape index (κ2) is 4.19. The molecule has 0 saturated carbocycles. The van der Waals surface area contributed by atoms with Crippen molar-refractivity contribution in [1.29, 1.82) is 0 Å². The van der Waals surface area contributed by atoms with Crippen LogP contribution in [0.2, 0.25) is 0 Å². The van der Waals surface area contributed by atoms with E-state index in [0.717, 1.165) is 0 Å². The van der Waals surface area contributed by atoms with Crippen LogP contribution in [0, 0.1) is 0 Å². The number of hydrogen-bond acceptors (Lipinski definition) is 4. The van der Waals surface area contributed by atoms with Crippen LogP contribution in [0.5, 0.6) is 0 Å². The van der Waals surface area contributed by atoms with Crippen LogP contribution in [0.1, 0.15) is 5.56 Å². The third-order valence-corrected chi connectivity index (χ3v) is 3.80. The summed E-state index contributed by atoms with van der Waals surface area (Å²) >= 11 is 0. The maximum absolute atomic E-state index is 12.5. The van der Waals surface area contributed by atoms with E-state index in [0.29, 0.717) is 12.1 Å². The quantitative estimate of drug-likeness (QED) is 0.795. The molecule has 0 amide bonds. The van der Waals surface area contributed by atoms with Crippen molar-refractivity contribution in [3.63, 3.8) is 0 Å². The molecule has 0 heterocycles. The van der Waals surface area contributed by atoms with Crippen molar-refractivity contribution in [2.45, 2.75) is 16.0 Å². The van der Waals surface area contributed by atoms with Gasteiger partial charge >= 0.3 is 6.18 Å². The van der Waals surface area contributed by atoms with Gasteiger partial charge in [-0.3, -0.25) is 9.11 Å². The Bertz CT molecular complexity index is 674. The standard InChI is InChI=1S/C7H5F3O6S2/c8-7(9,10)4-2-1-3-5(17(11,12)13)6(4)18(14,15)16/h1-3H,(H,11,12,13)(H,14,15,16). The van der Waals surface area contributed by atoms with E-state index in [1.807, 2.05) is 0 Å². The number of rotatable bonds is 2. The molecule has 0 bridgehead atoms. The molecule has 11 heteroatoms. The van der Waals surface area contributed by atoms with Crippen molar-refractivity contribution in [3.05, 3.63) is 23.8 Å². The summed E-state index contributed by atoms with van der Waals surface area (Å²) in [6.45, 7) is 0. The van der Waals surface area contributed by atoms with E-state index in [1.54, 1.807) is 0 Å². The first-order chi connectivity index (χ1) is 7.85. The lowest BCUT2D eigenvalue weighted by Crippen LogP contribution is -2.17. The molecule has 0 fully saturated rings. The fourth-order valence-corrected chi connectivity index (χ4v) is 3.22. The molecule has 0 saturated heterocycles. The molecule has 2 N–H and O–H groups in total. The van der Waals surface area contributed by atoms with Crippen LogP contribution in [0.4, 0.5) is 13.2 Å². The summed E-state index contributed by atoms with van der Waals surface area (Å²) in [5.74, 6) is 0. The summed E-state index contributed by atoms with van der Waals surface area (Å²) in [4.78, 5) is -3.44. The van der Waals surface area contributed by atoms with Gasteiger partial charge in [0.2, 0.25) is 0 Å². The van der Waals surface area contributed by atoms with Crippen LogP contribution in [0.25, 0.3) is 0 Å². The van der Waals surface area contributed by atoms with Crippen LogP contribution >= 0.6 is 0 Å². The van der Waals surface area contributed by atoms with Crippen molar-refractivity contribution < 1.29 is 39.1 Å². The van der Waals surface area contributed by atoms with E-state index >= 15 is 0 Å². The van der Waals surface area contributed by atoms with Crippen LogP contribution in [0.15, 0.2) is 28.0 Å². The molecule has 18 heavy (non-hydrogen) atoms. The highest BCUT2D eigenvalue weighted by Gasteiger charge is 2.40. The summed E-state index contributed by atoms with van der Waals surface area (Å²) in [7, 11) is -10.7. The van der Waals surface area contributed by atoms with Gasteiger partial charge in [0.1, 0.15) is 9.79 Å². The molecular formula is C7H5F3O6S2. The normalized spacial score (nSPS) is 13.6. The van der Waals surface area contributed by atoms with Gasteiger partial charge in [0.25, 0.3) is 20.2 Å². The predicted molar refractivity (Wildman–Crippen MR) is 51.1 cm³/mol. The van der Waals surface area contributed by atoms with E-state index in [-0.39, 0.29) is 6.07 Å². The molecule has 0 aromatic heterocycles. The Labute approximate surface area is 99.6 Å². The lowest BCUT2D eigenvalue weighted by atomic mass is 10.2. The van der Waals surface area contributed by atoms with Crippen molar-refractivity contribution >= 4 is 20.2 Å². The molecule has 102 valence electrons. The SMILES string of the molecule is O=S(=O)(O)c1cccc(C(F)(F)F)c1S(=O)(=O)O. The average Bonchev–Trinajstić information content (AvgIpc) is 2.12. The van der Waals surface area contributed by atoms with Gasteiger partial charge in [-0.1, -0.05) is 6.07 Å². The second-order valence-electron chi connectivity index (χ2n) is 3.08. The van der Waals surface area contributed by atoms with Gasteiger partial charge < -0.3 is 0 Å². The molecule has 0 spiro atoms. The van der Waals surface area contributed by atoms with E-state index in [9.17, 15) is 30.0 Å². The molecule has 0 atom stereocenters. The van der Waals surface area contributed by atoms with Gasteiger partial charge in [0.15, 0.2) is 0 Å². The van der Waals surface area contributed by atoms with Crippen molar-refractivity contribution in [2.24, 2.45) is 0 Å². The predicted octanol–water partition coefficient (Wildman–Crippen LogP) is 1.20. The Morgan fingerprint density at radius 2 is 1.44 bits per heavy atom. The van der Waals surface area contributed by atoms with Crippen LogP contribution in [-0.2, 0) is 26.4 Å². The molecule has 0 aliphatic heterocycles. The van der Waals surface area contributed by atoms with Crippen LogP contribution in [-0.4, -0.2) is 25.9 Å². The fraction of sp³-hybridized carbons (Fsp3) is 0.143. The van der Waals surface area contributed by atoms with E-state index < -0.39 is 41.8 Å². The lowest BCUT2D eigenvalue weighted by molar-refractivity contribution is -0.140. The Kier molecular flexibility index (Phi) is 3.46. The minimum absolute atomic E-state index is 0.262. The molecular weight excluding hydrogens is 301 g/mol. The van der Waals surface area contributed by atoms with Crippen molar-refractivity contribution in [3.8, 4) is 0 Å². The summed E-state index contributed by atoms with van der Waals surface area (Å²) < 4.78 is 98.1. The van der Waals surface area contributed by atoms with Crippen LogP contribution in [0.3, 0.4) is 0 Å². The van der Waals surface area contributed by atoms with Gasteiger partial charge in [-0.05, 0) is 12.1 Å². The van der Waals surface area contributed by atoms with Gasteiger partial charge in [0, 0.05) is 0 Å². The third-order valence-electron chi connectivity index (χ3n) is 1.82.